The number of ether oxygens (including phenoxy) is 1. The molecule has 0 heterocycles. The number of carbonyl (C=O) groups excluding carboxylic acids is 1. The highest BCUT2D eigenvalue weighted by molar-refractivity contribution is 7.92. The van der Waals surface area contributed by atoms with E-state index in [9.17, 15) is 13.2 Å². The van der Waals surface area contributed by atoms with Crippen molar-refractivity contribution in [2.24, 2.45) is 0 Å². The Labute approximate surface area is 219 Å². The smallest absolute Gasteiger partial charge is 0.251 e. The zero-order valence-electron chi connectivity index (χ0n) is 21.3. The van der Waals surface area contributed by atoms with Crippen LogP contribution in [0.3, 0.4) is 0 Å². The third-order valence-corrected chi connectivity index (χ3v) is 7.12. The summed E-state index contributed by atoms with van der Waals surface area (Å²) in [4.78, 5) is 12.5. The van der Waals surface area contributed by atoms with Crippen molar-refractivity contribution in [3.8, 4) is 5.75 Å². The van der Waals surface area contributed by atoms with Gasteiger partial charge in [-0.2, -0.15) is 0 Å². The van der Waals surface area contributed by atoms with Gasteiger partial charge in [0.05, 0.1) is 25.0 Å². The number of carbonyl (C=O) groups is 1. The summed E-state index contributed by atoms with van der Waals surface area (Å²) in [5.74, 6) is 0.533. The summed E-state index contributed by atoms with van der Waals surface area (Å²) >= 11 is 6.10. The Kier molecular flexibility index (Phi) is 8.69. The van der Waals surface area contributed by atoms with Crippen LogP contribution < -0.4 is 14.4 Å². The lowest BCUT2D eigenvalue weighted by molar-refractivity contribution is 0.0947. The van der Waals surface area contributed by atoms with E-state index in [1.165, 1.54) is 9.87 Å². The van der Waals surface area contributed by atoms with Crippen molar-refractivity contribution in [2.75, 3.05) is 23.7 Å². The molecule has 3 rings (SSSR count). The number of nitrogens with one attached hydrogen (secondary N) is 1. The van der Waals surface area contributed by atoms with Gasteiger partial charge in [-0.25, -0.2) is 8.42 Å². The molecule has 0 saturated carbocycles. The van der Waals surface area contributed by atoms with Crippen LogP contribution in [0, 0.1) is 6.92 Å². The van der Waals surface area contributed by atoms with Crippen LogP contribution in [0.5, 0.6) is 5.75 Å². The molecule has 0 aliphatic carbocycles. The number of hydrogen-bond donors (Lipinski definition) is 1. The van der Waals surface area contributed by atoms with Crippen molar-refractivity contribution in [3.05, 3.63) is 94.0 Å². The quantitative estimate of drug-likeness (QED) is 0.360. The molecule has 3 aromatic carbocycles. The van der Waals surface area contributed by atoms with Crippen LogP contribution in [0.25, 0.3) is 0 Å². The molecule has 0 aromatic heterocycles. The van der Waals surface area contributed by atoms with Gasteiger partial charge in [-0.3, -0.25) is 9.10 Å². The van der Waals surface area contributed by atoms with Crippen LogP contribution in [0.4, 0.5) is 5.69 Å². The minimum Gasteiger partial charge on any atom is -0.492 e. The van der Waals surface area contributed by atoms with Gasteiger partial charge < -0.3 is 10.1 Å². The minimum atomic E-state index is -3.55. The van der Waals surface area contributed by atoms with Crippen LogP contribution in [0.15, 0.2) is 66.7 Å². The molecule has 8 heteroatoms. The van der Waals surface area contributed by atoms with E-state index in [0.29, 0.717) is 29.4 Å². The average molecular weight is 529 g/mol. The van der Waals surface area contributed by atoms with Gasteiger partial charge in [-0.1, -0.05) is 62.7 Å². The van der Waals surface area contributed by atoms with Crippen molar-refractivity contribution in [1.29, 1.82) is 0 Å². The first kappa shape index (κ1) is 27.6. The Morgan fingerprint density at radius 2 is 1.64 bits per heavy atom. The van der Waals surface area contributed by atoms with Crippen LogP contribution in [-0.4, -0.2) is 33.7 Å². The summed E-state index contributed by atoms with van der Waals surface area (Å²) in [6.07, 6.45) is 1.16. The zero-order valence-corrected chi connectivity index (χ0v) is 22.9. The average Bonchev–Trinajstić information content (AvgIpc) is 2.81. The third kappa shape index (κ3) is 7.48. The van der Waals surface area contributed by atoms with Gasteiger partial charge in [0.2, 0.25) is 10.0 Å². The number of aryl methyl sites for hydroxylation is 1. The van der Waals surface area contributed by atoms with Gasteiger partial charge in [0, 0.05) is 10.6 Å². The number of benzene rings is 3. The van der Waals surface area contributed by atoms with Gasteiger partial charge in [0.15, 0.2) is 0 Å². The summed E-state index contributed by atoms with van der Waals surface area (Å²) in [6.45, 7) is 9.15. The summed E-state index contributed by atoms with van der Waals surface area (Å²) in [6, 6.07) is 20.0. The summed E-state index contributed by atoms with van der Waals surface area (Å²) in [5, 5.41) is 3.30. The number of nitrogens with zero attached hydrogens (tertiary/aromatic N) is 1. The lowest BCUT2D eigenvalue weighted by Gasteiger charge is -2.24. The molecule has 0 saturated heterocycles. The molecule has 1 N–H and O–H groups in total. The Bertz CT molecular complexity index is 1300. The molecule has 36 heavy (non-hydrogen) atoms. The molecule has 0 spiro atoms. The van der Waals surface area contributed by atoms with E-state index >= 15 is 0 Å². The lowest BCUT2D eigenvalue weighted by Crippen LogP contribution is -2.30. The van der Waals surface area contributed by atoms with Gasteiger partial charge in [0.25, 0.3) is 5.91 Å². The highest BCUT2D eigenvalue weighted by atomic mass is 35.5. The second kappa shape index (κ2) is 11.4. The van der Waals surface area contributed by atoms with Crippen LogP contribution in [0.2, 0.25) is 5.02 Å². The van der Waals surface area contributed by atoms with Crippen LogP contribution in [-0.2, 0) is 22.0 Å². The predicted octanol–water partition coefficient (Wildman–Crippen LogP) is 5.72. The third-order valence-electron chi connectivity index (χ3n) is 5.76. The van der Waals surface area contributed by atoms with E-state index in [2.05, 4.69) is 26.1 Å². The Hall–Kier alpha value is -3.03. The second-order valence-electron chi connectivity index (χ2n) is 9.78. The monoisotopic (exact) mass is 528 g/mol. The highest BCUT2D eigenvalue weighted by Gasteiger charge is 2.20. The largest absolute Gasteiger partial charge is 0.492 e. The molecule has 0 aliphatic heterocycles. The molecule has 6 nitrogen and oxygen atoms in total. The number of sulfonamides is 1. The lowest BCUT2D eigenvalue weighted by atomic mass is 9.87. The topological polar surface area (TPSA) is 75.7 Å². The van der Waals surface area contributed by atoms with Gasteiger partial charge >= 0.3 is 0 Å². The van der Waals surface area contributed by atoms with Crippen LogP contribution >= 0.6 is 11.6 Å². The Morgan fingerprint density at radius 1 is 1.00 bits per heavy atom. The van der Waals surface area contributed by atoms with Gasteiger partial charge in [0.1, 0.15) is 12.4 Å². The highest BCUT2D eigenvalue weighted by Crippen LogP contribution is 2.28. The summed E-state index contributed by atoms with van der Waals surface area (Å²) < 4.78 is 32.0. The molecule has 0 radical (unpaired) electrons. The molecule has 0 bridgehead atoms. The van der Waals surface area contributed by atoms with Crippen molar-refractivity contribution in [2.45, 2.75) is 39.7 Å². The molecule has 192 valence electrons. The van der Waals surface area contributed by atoms with E-state index in [1.807, 2.05) is 31.2 Å². The second-order valence-corrected chi connectivity index (χ2v) is 12.1. The first-order chi connectivity index (χ1) is 16.8. The first-order valence-electron chi connectivity index (χ1n) is 11.7. The molecule has 1 amide bonds. The van der Waals surface area contributed by atoms with Crippen molar-refractivity contribution in [1.82, 2.24) is 5.32 Å². The van der Waals surface area contributed by atoms with E-state index in [4.69, 9.17) is 16.3 Å². The fourth-order valence-electron chi connectivity index (χ4n) is 3.65. The first-order valence-corrected chi connectivity index (χ1v) is 13.9. The van der Waals surface area contributed by atoms with Crippen molar-refractivity contribution in [3.63, 3.8) is 0 Å². The normalized spacial score (nSPS) is 11.7. The number of rotatable bonds is 9. The minimum absolute atomic E-state index is 0.0827. The maximum atomic E-state index is 12.5. The molecule has 0 unspecified atom stereocenters. The Morgan fingerprint density at radius 3 is 2.22 bits per heavy atom. The maximum absolute atomic E-state index is 12.5. The SMILES string of the molecule is Cc1ccc(Cl)cc1N(Cc1ccc(C(=O)NCCOc2ccc(C(C)(C)C)cc2)cc1)S(C)(=O)=O. The zero-order chi connectivity index (χ0) is 26.5. The van der Waals surface area contributed by atoms with Crippen molar-refractivity contribution < 1.29 is 17.9 Å². The standard InChI is InChI=1S/C28H33ClN2O4S/c1-20-6-13-24(29)18-26(20)31(36(5,33)34)19-21-7-9-22(10-8-21)27(32)30-16-17-35-25-14-11-23(12-15-25)28(2,3)4/h6-15,18H,16-17,19H2,1-5H3,(H,30,32). The Balaban J connectivity index is 1.56. The van der Waals surface area contributed by atoms with Gasteiger partial charge in [-0.05, 0) is 65.4 Å². The predicted molar refractivity (Wildman–Crippen MR) is 147 cm³/mol. The molecule has 0 fully saturated rings. The fourth-order valence-corrected chi connectivity index (χ4v) is 4.75. The summed E-state index contributed by atoms with van der Waals surface area (Å²) in [5.41, 5.74) is 3.87. The molecular formula is C28H33ClN2O4S. The van der Waals surface area contributed by atoms with E-state index < -0.39 is 10.0 Å². The van der Waals surface area contributed by atoms with E-state index in [1.54, 1.807) is 42.5 Å². The van der Waals surface area contributed by atoms with E-state index in [-0.39, 0.29) is 17.9 Å². The number of amides is 1. The van der Waals surface area contributed by atoms with E-state index in [0.717, 1.165) is 23.1 Å². The molecule has 0 atom stereocenters. The molecular weight excluding hydrogens is 496 g/mol. The fraction of sp³-hybridized carbons (Fsp3) is 0.321. The number of halogens is 1. The molecule has 3 aromatic rings. The number of hydrogen-bond acceptors (Lipinski definition) is 4. The number of anilines is 1. The maximum Gasteiger partial charge on any atom is 0.251 e. The van der Waals surface area contributed by atoms with Gasteiger partial charge in [-0.15, -0.1) is 0 Å². The summed E-state index contributed by atoms with van der Waals surface area (Å²) in [7, 11) is -3.55. The van der Waals surface area contributed by atoms with Crippen molar-refractivity contribution >= 4 is 33.2 Å². The van der Waals surface area contributed by atoms with Crippen LogP contribution in [0.1, 0.15) is 47.8 Å². The molecule has 0 aliphatic rings.